The monoisotopic (exact) mass is 479 g/mol. The molecule has 34 heavy (non-hydrogen) atoms. The molecule has 0 amide bonds. The molecule has 178 valence electrons. The lowest BCUT2D eigenvalue weighted by atomic mass is 10.1. The van der Waals surface area contributed by atoms with E-state index in [1.165, 1.54) is 7.05 Å². The Morgan fingerprint density at radius 2 is 2.00 bits per heavy atom. The van der Waals surface area contributed by atoms with Gasteiger partial charge in [0.15, 0.2) is 5.65 Å². The summed E-state index contributed by atoms with van der Waals surface area (Å²) in [6.07, 6.45) is 9.55. The second-order valence-corrected chi connectivity index (χ2v) is 11.0. The number of aromatic amines is 1. The number of nitrogens with zero attached hydrogens (tertiary/aromatic N) is 5. The molecule has 0 aliphatic carbocycles. The predicted molar refractivity (Wildman–Crippen MR) is 133 cm³/mol. The van der Waals surface area contributed by atoms with Gasteiger partial charge in [0, 0.05) is 53.4 Å². The predicted octanol–water partition coefficient (Wildman–Crippen LogP) is 3.97. The van der Waals surface area contributed by atoms with E-state index in [-0.39, 0.29) is 10.9 Å². The highest BCUT2D eigenvalue weighted by molar-refractivity contribution is 7.89. The Morgan fingerprint density at radius 1 is 1.18 bits per heavy atom. The molecule has 10 heteroatoms. The van der Waals surface area contributed by atoms with E-state index >= 15 is 0 Å². The SMILES string of the molecule is CNS(=O)(=O)c1cc(-c2cnc3[nH]cc(-c4cnn(C(C)C)c4)c3n2)cc(N2CCCC2C)c1. The van der Waals surface area contributed by atoms with Crippen molar-refractivity contribution in [1.29, 1.82) is 0 Å². The van der Waals surface area contributed by atoms with Crippen LogP contribution in [0.4, 0.5) is 5.69 Å². The van der Waals surface area contributed by atoms with Crippen molar-refractivity contribution in [3.05, 3.63) is 43.0 Å². The van der Waals surface area contributed by atoms with E-state index in [2.05, 4.69) is 45.5 Å². The number of hydrogen-bond acceptors (Lipinski definition) is 6. The Balaban J connectivity index is 1.64. The van der Waals surface area contributed by atoms with Crippen molar-refractivity contribution < 1.29 is 8.42 Å². The van der Waals surface area contributed by atoms with Crippen molar-refractivity contribution in [2.24, 2.45) is 0 Å². The summed E-state index contributed by atoms with van der Waals surface area (Å²) in [6, 6.07) is 6.02. The van der Waals surface area contributed by atoms with Crippen molar-refractivity contribution >= 4 is 26.9 Å². The van der Waals surface area contributed by atoms with Gasteiger partial charge in [-0.2, -0.15) is 5.10 Å². The molecule has 1 aromatic carbocycles. The van der Waals surface area contributed by atoms with Gasteiger partial charge < -0.3 is 9.88 Å². The fraction of sp³-hybridized carbons (Fsp3) is 0.375. The molecule has 4 aromatic rings. The van der Waals surface area contributed by atoms with Crippen LogP contribution in [-0.4, -0.2) is 52.8 Å². The zero-order valence-corrected chi connectivity index (χ0v) is 20.6. The highest BCUT2D eigenvalue weighted by atomic mass is 32.2. The number of rotatable bonds is 6. The summed E-state index contributed by atoms with van der Waals surface area (Å²) < 4.78 is 29.8. The fourth-order valence-corrected chi connectivity index (χ4v) is 5.29. The highest BCUT2D eigenvalue weighted by Crippen LogP contribution is 2.34. The lowest BCUT2D eigenvalue weighted by Crippen LogP contribution is -2.27. The minimum atomic E-state index is -3.63. The van der Waals surface area contributed by atoms with Crippen LogP contribution in [0.5, 0.6) is 0 Å². The zero-order chi connectivity index (χ0) is 24.0. The molecule has 1 unspecified atom stereocenters. The molecule has 1 aliphatic rings. The van der Waals surface area contributed by atoms with E-state index in [1.807, 2.05) is 29.3 Å². The van der Waals surface area contributed by atoms with Crippen LogP contribution < -0.4 is 9.62 Å². The molecule has 9 nitrogen and oxygen atoms in total. The van der Waals surface area contributed by atoms with Crippen molar-refractivity contribution in [3.63, 3.8) is 0 Å². The summed E-state index contributed by atoms with van der Waals surface area (Å²) in [7, 11) is -2.20. The first-order valence-corrected chi connectivity index (χ1v) is 13.0. The molecule has 1 atom stereocenters. The molecule has 3 aromatic heterocycles. The number of aromatic nitrogens is 5. The number of nitrogens with one attached hydrogen (secondary N) is 2. The minimum Gasteiger partial charge on any atom is -0.369 e. The topological polar surface area (TPSA) is 109 Å². The van der Waals surface area contributed by atoms with Gasteiger partial charge in [0.1, 0.15) is 5.52 Å². The lowest BCUT2D eigenvalue weighted by molar-refractivity contribution is 0.532. The van der Waals surface area contributed by atoms with Gasteiger partial charge in [-0.05, 0) is 58.9 Å². The molecule has 0 saturated carbocycles. The standard InChI is InChI=1S/C24H29N7O2S/c1-15(2)31-14-18(11-28-31)21-12-26-24-23(21)29-22(13-27-24)17-8-19(30-7-5-6-16(30)3)10-20(9-17)34(32,33)25-4/h8-16,25H,5-7H2,1-4H3,(H,26,27). The zero-order valence-electron chi connectivity index (χ0n) is 19.8. The Hall–Kier alpha value is -3.24. The van der Waals surface area contributed by atoms with Crippen molar-refractivity contribution in [3.8, 4) is 22.4 Å². The molecule has 5 rings (SSSR count). The molecular formula is C24H29N7O2S. The minimum absolute atomic E-state index is 0.219. The first-order valence-electron chi connectivity index (χ1n) is 11.5. The smallest absolute Gasteiger partial charge is 0.240 e. The maximum atomic E-state index is 12.7. The van der Waals surface area contributed by atoms with Gasteiger partial charge in [-0.1, -0.05) is 0 Å². The number of sulfonamides is 1. The Kier molecular flexibility index (Phi) is 5.65. The van der Waals surface area contributed by atoms with E-state index in [4.69, 9.17) is 4.98 Å². The second-order valence-electron chi connectivity index (χ2n) is 9.07. The first-order chi connectivity index (χ1) is 16.3. The van der Waals surface area contributed by atoms with Crippen molar-refractivity contribution in [1.82, 2.24) is 29.5 Å². The van der Waals surface area contributed by atoms with Gasteiger partial charge in [-0.15, -0.1) is 0 Å². The molecule has 1 fully saturated rings. The summed E-state index contributed by atoms with van der Waals surface area (Å²) in [5.74, 6) is 0. The number of anilines is 1. The van der Waals surface area contributed by atoms with Crippen LogP contribution in [0.1, 0.15) is 39.7 Å². The molecule has 1 aliphatic heterocycles. The molecule has 0 radical (unpaired) electrons. The van der Waals surface area contributed by atoms with Crippen molar-refractivity contribution in [2.75, 3.05) is 18.5 Å². The number of fused-ring (bicyclic) bond motifs is 1. The third-order valence-corrected chi connectivity index (χ3v) is 7.87. The van der Waals surface area contributed by atoms with Crippen molar-refractivity contribution in [2.45, 2.75) is 50.6 Å². The van der Waals surface area contributed by atoms with Crippen LogP contribution in [0, 0.1) is 0 Å². The maximum Gasteiger partial charge on any atom is 0.240 e. The highest BCUT2D eigenvalue weighted by Gasteiger charge is 2.24. The number of H-pyrrole nitrogens is 1. The van der Waals surface area contributed by atoms with Gasteiger partial charge in [-0.25, -0.2) is 23.1 Å². The first kappa shape index (κ1) is 22.5. The van der Waals surface area contributed by atoms with E-state index in [1.54, 1.807) is 18.3 Å². The van der Waals surface area contributed by atoms with Crippen LogP contribution in [0.2, 0.25) is 0 Å². The van der Waals surface area contributed by atoms with Gasteiger partial charge in [0.2, 0.25) is 10.0 Å². The number of hydrogen-bond donors (Lipinski definition) is 2. The summed E-state index contributed by atoms with van der Waals surface area (Å²) >= 11 is 0. The average molecular weight is 480 g/mol. The van der Waals surface area contributed by atoms with Crippen LogP contribution in [-0.2, 0) is 10.0 Å². The van der Waals surface area contributed by atoms with Crippen LogP contribution in [0.15, 0.2) is 47.9 Å². The van der Waals surface area contributed by atoms with Gasteiger partial charge in [0.05, 0.1) is 23.0 Å². The van der Waals surface area contributed by atoms with E-state index in [0.717, 1.165) is 41.7 Å². The van der Waals surface area contributed by atoms with Gasteiger partial charge in [-0.3, -0.25) is 4.68 Å². The molecule has 1 saturated heterocycles. The Morgan fingerprint density at radius 3 is 2.68 bits per heavy atom. The number of benzene rings is 1. The second kappa shape index (κ2) is 8.52. The Bertz CT molecular complexity index is 1460. The largest absolute Gasteiger partial charge is 0.369 e. The summed E-state index contributed by atoms with van der Waals surface area (Å²) in [5.41, 5.74) is 5.46. The van der Waals surface area contributed by atoms with Crippen LogP contribution in [0.3, 0.4) is 0 Å². The summed E-state index contributed by atoms with van der Waals surface area (Å²) in [6.45, 7) is 7.22. The molecule has 2 N–H and O–H groups in total. The summed E-state index contributed by atoms with van der Waals surface area (Å²) in [5, 5.41) is 4.45. The molecule has 4 heterocycles. The quantitative estimate of drug-likeness (QED) is 0.433. The fourth-order valence-electron chi connectivity index (χ4n) is 4.50. The third-order valence-electron chi connectivity index (χ3n) is 6.47. The van der Waals surface area contributed by atoms with Gasteiger partial charge in [0.25, 0.3) is 0 Å². The third kappa shape index (κ3) is 3.97. The van der Waals surface area contributed by atoms with E-state index in [9.17, 15) is 8.42 Å². The average Bonchev–Trinajstić information content (AvgIpc) is 3.57. The van der Waals surface area contributed by atoms with Gasteiger partial charge >= 0.3 is 0 Å². The van der Waals surface area contributed by atoms with Crippen LogP contribution in [0.25, 0.3) is 33.5 Å². The van der Waals surface area contributed by atoms with E-state index < -0.39 is 10.0 Å². The molecular weight excluding hydrogens is 450 g/mol. The van der Waals surface area contributed by atoms with Crippen LogP contribution >= 0.6 is 0 Å². The normalized spacial score (nSPS) is 16.7. The van der Waals surface area contributed by atoms with E-state index in [0.29, 0.717) is 22.9 Å². The summed E-state index contributed by atoms with van der Waals surface area (Å²) in [4.78, 5) is 15.1. The maximum absolute atomic E-state index is 12.7. The Labute approximate surface area is 199 Å². The molecule has 0 spiro atoms. The lowest BCUT2D eigenvalue weighted by Gasteiger charge is -2.25. The molecule has 0 bridgehead atoms.